The van der Waals surface area contributed by atoms with Crippen molar-refractivity contribution in [2.75, 3.05) is 50.7 Å². The highest BCUT2D eigenvalue weighted by Crippen LogP contribution is 2.17. The van der Waals surface area contributed by atoms with Gasteiger partial charge in [0, 0.05) is 51.4 Å². The zero-order valence-corrected chi connectivity index (χ0v) is 15.0. The van der Waals surface area contributed by atoms with E-state index in [4.69, 9.17) is 0 Å². The van der Waals surface area contributed by atoms with Gasteiger partial charge in [-0.25, -0.2) is 4.39 Å². The monoisotopic (exact) mass is 362 g/mol. The number of piperazine rings is 1. The van der Waals surface area contributed by atoms with Crippen molar-refractivity contribution >= 4 is 17.5 Å². The number of nitrogens with zero attached hydrogens (tertiary/aromatic N) is 2. The molecule has 142 valence electrons. The summed E-state index contributed by atoms with van der Waals surface area (Å²) in [6.45, 7) is 4.87. The lowest BCUT2D eigenvalue weighted by atomic mass is 9.99. The predicted octanol–water partition coefficient (Wildman–Crippen LogP) is 0.980. The number of amides is 2. The topological polar surface area (TPSA) is 64.7 Å². The predicted molar refractivity (Wildman–Crippen MR) is 98.4 cm³/mol. The van der Waals surface area contributed by atoms with E-state index in [-0.39, 0.29) is 23.5 Å². The van der Waals surface area contributed by atoms with Gasteiger partial charge in [0.15, 0.2) is 0 Å². The lowest BCUT2D eigenvalue weighted by Gasteiger charge is -2.36. The first-order valence-electron chi connectivity index (χ1n) is 9.40. The summed E-state index contributed by atoms with van der Waals surface area (Å²) >= 11 is 0. The summed E-state index contributed by atoms with van der Waals surface area (Å²) in [5.41, 5.74) is 0.979. The van der Waals surface area contributed by atoms with Crippen molar-refractivity contribution in [1.82, 2.24) is 15.5 Å². The maximum absolute atomic E-state index is 13.0. The molecule has 2 fully saturated rings. The highest BCUT2D eigenvalue weighted by molar-refractivity contribution is 5.81. The van der Waals surface area contributed by atoms with Gasteiger partial charge in [0.05, 0.1) is 5.92 Å². The van der Waals surface area contributed by atoms with Crippen molar-refractivity contribution < 1.29 is 14.0 Å². The largest absolute Gasteiger partial charge is 0.368 e. The van der Waals surface area contributed by atoms with Gasteiger partial charge < -0.3 is 20.4 Å². The molecule has 2 aliphatic rings. The van der Waals surface area contributed by atoms with Crippen LogP contribution in [-0.4, -0.2) is 62.5 Å². The highest BCUT2D eigenvalue weighted by atomic mass is 19.1. The minimum absolute atomic E-state index is 0.0260. The van der Waals surface area contributed by atoms with Crippen LogP contribution >= 0.6 is 0 Å². The van der Waals surface area contributed by atoms with E-state index in [1.807, 2.05) is 4.90 Å². The molecule has 0 aliphatic carbocycles. The Kier molecular flexibility index (Phi) is 6.44. The molecular weight excluding hydrogens is 335 g/mol. The van der Waals surface area contributed by atoms with Crippen LogP contribution in [-0.2, 0) is 9.59 Å². The minimum Gasteiger partial charge on any atom is -0.368 e. The summed E-state index contributed by atoms with van der Waals surface area (Å²) in [4.78, 5) is 28.4. The fraction of sp³-hybridized carbons (Fsp3) is 0.579. The van der Waals surface area contributed by atoms with E-state index in [2.05, 4.69) is 15.5 Å². The fourth-order valence-corrected chi connectivity index (χ4v) is 3.54. The third-order valence-electron chi connectivity index (χ3n) is 5.13. The molecule has 7 heteroatoms. The number of halogens is 1. The number of benzene rings is 1. The molecule has 3 rings (SSSR count). The Morgan fingerprint density at radius 3 is 2.54 bits per heavy atom. The second-order valence-corrected chi connectivity index (χ2v) is 6.93. The maximum atomic E-state index is 13.0. The summed E-state index contributed by atoms with van der Waals surface area (Å²) in [5, 5.41) is 6.12. The molecule has 1 aromatic carbocycles. The van der Waals surface area contributed by atoms with Crippen molar-refractivity contribution in [2.24, 2.45) is 5.92 Å². The molecule has 1 unspecified atom stereocenters. The molecule has 2 aliphatic heterocycles. The van der Waals surface area contributed by atoms with Crippen LogP contribution in [0.2, 0.25) is 0 Å². The van der Waals surface area contributed by atoms with Crippen LogP contribution in [0.4, 0.5) is 10.1 Å². The van der Waals surface area contributed by atoms with Crippen LogP contribution in [0.5, 0.6) is 0 Å². The number of anilines is 1. The molecule has 2 heterocycles. The molecular formula is C19H27FN4O2. The van der Waals surface area contributed by atoms with Crippen molar-refractivity contribution in [1.29, 1.82) is 0 Å². The number of nitrogens with one attached hydrogen (secondary N) is 2. The Morgan fingerprint density at radius 1 is 1.15 bits per heavy atom. The molecule has 1 aromatic rings. The van der Waals surface area contributed by atoms with E-state index in [1.54, 1.807) is 12.1 Å². The van der Waals surface area contributed by atoms with E-state index >= 15 is 0 Å². The van der Waals surface area contributed by atoms with Gasteiger partial charge >= 0.3 is 0 Å². The SMILES string of the molecule is O=C(NCCC(=O)N1CCN(c2ccc(F)cc2)CC1)C1CCCNC1. The van der Waals surface area contributed by atoms with Gasteiger partial charge in [-0.3, -0.25) is 9.59 Å². The molecule has 2 N–H and O–H groups in total. The zero-order chi connectivity index (χ0) is 18.4. The van der Waals surface area contributed by atoms with Crippen LogP contribution in [0.25, 0.3) is 0 Å². The van der Waals surface area contributed by atoms with Crippen LogP contribution in [0.3, 0.4) is 0 Å². The summed E-state index contributed by atoms with van der Waals surface area (Å²) in [6.07, 6.45) is 2.27. The molecule has 0 aromatic heterocycles. The molecule has 2 amide bonds. The Hall–Kier alpha value is -2.15. The first kappa shape index (κ1) is 18.6. The smallest absolute Gasteiger partial charge is 0.224 e. The van der Waals surface area contributed by atoms with Crippen molar-refractivity contribution in [3.63, 3.8) is 0 Å². The normalized spacial score (nSPS) is 20.7. The molecule has 26 heavy (non-hydrogen) atoms. The summed E-state index contributed by atoms with van der Waals surface area (Å²) in [6, 6.07) is 6.44. The molecule has 2 saturated heterocycles. The van der Waals surface area contributed by atoms with Crippen molar-refractivity contribution in [3.05, 3.63) is 30.1 Å². The third-order valence-corrected chi connectivity index (χ3v) is 5.13. The zero-order valence-electron chi connectivity index (χ0n) is 15.0. The summed E-state index contributed by atoms with van der Waals surface area (Å²) in [5.74, 6) is -0.0938. The van der Waals surface area contributed by atoms with Gasteiger partial charge in [-0.1, -0.05) is 0 Å². The number of hydrogen-bond donors (Lipinski definition) is 2. The molecule has 1 atom stereocenters. The first-order chi connectivity index (χ1) is 12.6. The van der Waals surface area contributed by atoms with Crippen molar-refractivity contribution in [3.8, 4) is 0 Å². The van der Waals surface area contributed by atoms with Crippen molar-refractivity contribution in [2.45, 2.75) is 19.3 Å². The second-order valence-electron chi connectivity index (χ2n) is 6.93. The van der Waals surface area contributed by atoms with E-state index in [0.29, 0.717) is 26.1 Å². The van der Waals surface area contributed by atoms with E-state index in [1.165, 1.54) is 12.1 Å². The first-order valence-corrected chi connectivity index (χ1v) is 9.40. The van der Waals surface area contributed by atoms with Gasteiger partial charge in [0.25, 0.3) is 0 Å². The molecule has 0 spiro atoms. The maximum Gasteiger partial charge on any atom is 0.224 e. The number of hydrogen-bond acceptors (Lipinski definition) is 4. The molecule has 0 radical (unpaired) electrons. The van der Waals surface area contributed by atoms with Gasteiger partial charge in [-0.15, -0.1) is 0 Å². The fourth-order valence-electron chi connectivity index (χ4n) is 3.54. The Morgan fingerprint density at radius 2 is 1.88 bits per heavy atom. The molecule has 0 bridgehead atoms. The Labute approximate surface area is 153 Å². The standard InChI is InChI=1S/C19H27FN4O2/c20-16-3-5-17(6-4-16)23-10-12-24(13-11-23)18(25)7-9-22-19(26)15-2-1-8-21-14-15/h3-6,15,21H,1-2,7-14H2,(H,22,26). The second kappa shape index (κ2) is 8.98. The number of carbonyl (C=O) groups is 2. The summed E-state index contributed by atoms with van der Waals surface area (Å²) in [7, 11) is 0. The van der Waals surface area contributed by atoms with Gasteiger partial charge in [-0.2, -0.15) is 0 Å². The molecule has 6 nitrogen and oxygen atoms in total. The van der Waals surface area contributed by atoms with Gasteiger partial charge in [0.1, 0.15) is 5.82 Å². The minimum atomic E-state index is -0.242. The van der Waals surface area contributed by atoms with Gasteiger partial charge in [0.2, 0.25) is 11.8 Å². The Balaban J connectivity index is 1.37. The quantitative estimate of drug-likeness (QED) is 0.820. The van der Waals surface area contributed by atoms with Crippen LogP contribution in [0, 0.1) is 11.7 Å². The lowest BCUT2D eigenvalue weighted by Crippen LogP contribution is -2.49. The number of piperidine rings is 1. The molecule has 0 saturated carbocycles. The summed E-state index contributed by atoms with van der Waals surface area (Å²) < 4.78 is 13.0. The van der Waals surface area contributed by atoms with Gasteiger partial charge in [-0.05, 0) is 43.7 Å². The van der Waals surface area contributed by atoms with Crippen LogP contribution < -0.4 is 15.5 Å². The average molecular weight is 362 g/mol. The van der Waals surface area contributed by atoms with Crippen LogP contribution in [0.15, 0.2) is 24.3 Å². The van der Waals surface area contributed by atoms with E-state index < -0.39 is 0 Å². The van der Waals surface area contributed by atoms with E-state index in [9.17, 15) is 14.0 Å². The number of carbonyl (C=O) groups excluding carboxylic acids is 2. The van der Waals surface area contributed by atoms with E-state index in [0.717, 1.165) is 44.7 Å². The Bertz CT molecular complexity index is 608. The number of rotatable bonds is 5. The van der Waals surface area contributed by atoms with Crippen LogP contribution in [0.1, 0.15) is 19.3 Å². The highest BCUT2D eigenvalue weighted by Gasteiger charge is 2.23. The lowest BCUT2D eigenvalue weighted by molar-refractivity contribution is -0.131. The average Bonchev–Trinajstić information content (AvgIpc) is 2.69. The third kappa shape index (κ3) is 4.94.